The van der Waals surface area contributed by atoms with Crippen molar-refractivity contribution in [3.05, 3.63) is 77.5 Å². The third-order valence-corrected chi connectivity index (χ3v) is 9.51. The van der Waals surface area contributed by atoms with Crippen LogP contribution in [0, 0.1) is 11.8 Å². The summed E-state index contributed by atoms with van der Waals surface area (Å²) in [5, 5.41) is 16.8. The smallest absolute Gasteiger partial charge is 0.390 e. The highest BCUT2D eigenvalue weighted by molar-refractivity contribution is 5.92. The van der Waals surface area contributed by atoms with Gasteiger partial charge in [0, 0.05) is 12.7 Å². The van der Waals surface area contributed by atoms with E-state index in [4.69, 9.17) is 5.73 Å². The van der Waals surface area contributed by atoms with Gasteiger partial charge in [-0.05, 0) is 60.4 Å². The molecule has 9 nitrogen and oxygen atoms in total. The summed E-state index contributed by atoms with van der Waals surface area (Å²) in [7, 11) is 0. The van der Waals surface area contributed by atoms with Crippen LogP contribution < -0.4 is 16.4 Å². The molecule has 2 fully saturated rings. The maximum absolute atomic E-state index is 14.5. The Balaban J connectivity index is 1.32. The Labute approximate surface area is 267 Å². The molecule has 1 aliphatic carbocycles. The van der Waals surface area contributed by atoms with E-state index < -0.39 is 60.6 Å². The number of nitrogens with zero attached hydrogens (tertiary/aromatic N) is 2. The molecule has 248 valence electrons. The normalized spacial score (nSPS) is 23.4. The molecule has 6 atom stereocenters. The van der Waals surface area contributed by atoms with Gasteiger partial charge in [0.25, 0.3) is 0 Å². The van der Waals surface area contributed by atoms with Crippen LogP contribution in [0.2, 0.25) is 0 Å². The lowest BCUT2D eigenvalue weighted by molar-refractivity contribution is -0.219. The molecule has 1 saturated carbocycles. The van der Waals surface area contributed by atoms with Crippen molar-refractivity contribution < 1.29 is 32.7 Å². The molecule has 46 heavy (non-hydrogen) atoms. The molecule has 2 aromatic rings. The average Bonchev–Trinajstić information content (AvgIpc) is 3.03. The fraction of sp³-hybridized carbons (Fsp3) is 0.500. The number of aliphatic hydroxyl groups excluding tert-OH is 1. The number of carbonyl (C=O) groups excluding carboxylic acids is 3. The zero-order valence-electron chi connectivity index (χ0n) is 25.7. The number of primary amides is 1. The van der Waals surface area contributed by atoms with Gasteiger partial charge in [-0.25, -0.2) is 4.79 Å². The molecule has 0 bridgehead atoms. The van der Waals surface area contributed by atoms with E-state index in [2.05, 4.69) is 10.6 Å². The van der Waals surface area contributed by atoms with E-state index >= 15 is 0 Å². The molecule has 12 heteroatoms. The lowest BCUT2D eigenvalue weighted by Crippen LogP contribution is -2.61. The first-order valence-corrected chi connectivity index (χ1v) is 15.9. The van der Waals surface area contributed by atoms with Crippen LogP contribution >= 0.6 is 0 Å². The fourth-order valence-electron chi connectivity index (χ4n) is 7.24. The lowest BCUT2D eigenvalue weighted by atomic mass is 9.70. The third kappa shape index (κ3) is 8.27. The molecule has 0 unspecified atom stereocenters. The van der Waals surface area contributed by atoms with Crippen LogP contribution in [0.5, 0.6) is 0 Å². The number of nitrogens with two attached hydrogens (primary N) is 1. The van der Waals surface area contributed by atoms with Gasteiger partial charge in [0.15, 0.2) is 0 Å². The number of nitrogens with one attached hydrogen (secondary N) is 2. The first-order valence-electron chi connectivity index (χ1n) is 15.9. The second kappa shape index (κ2) is 14.7. The van der Waals surface area contributed by atoms with Crippen molar-refractivity contribution in [1.29, 1.82) is 0 Å². The summed E-state index contributed by atoms with van der Waals surface area (Å²) < 4.78 is 43.4. The first kappa shape index (κ1) is 33.5. The number of rotatable bonds is 10. The first-order chi connectivity index (χ1) is 22.0. The number of benzene rings is 2. The number of fused-ring (bicyclic) bond motifs is 2. The minimum absolute atomic E-state index is 0.00924. The highest BCUT2D eigenvalue weighted by Gasteiger charge is 2.53. The van der Waals surface area contributed by atoms with Crippen molar-refractivity contribution in [1.82, 2.24) is 20.4 Å². The Kier molecular flexibility index (Phi) is 10.7. The van der Waals surface area contributed by atoms with Gasteiger partial charge in [-0.3, -0.25) is 19.4 Å². The number of carbonyl (C=O) groups is 3. The van der Waals surface area contributed by atoms with Crippen LogP contribution in [0.15, 0.2) is 60.8 Å². The average molecular weight is 642 g/mol. The Hall–Kier alpha value is -3.90. The van der Waals surface area contributed by atoms with Crippen molar-refractivity contribution in [3.8, 4) is 0 Å². The van der Waals surface area contributed by atoms with E-state index in [9.17, 15) is 32.7 Å². The van der Waals surface area contributed by atoms with E-state index in [1.807, 2.05) is 30.3 Å². The molecule has 2 aliphatic heterocycles. The molecule has 5 N–H and O–H groups in total. The molecule has 2 aromatic carbocycles. The minimum atomic E-state index is -4.46. The number of piperidine rings is 1. The van der Waals surface area contributed by atoms with Crippen molar-refractivity contribution in [3.63, 3.8) is 0 Å². The number of hydrogen-bond donors (Lipinski definition) is 4. The van der Waals surface area contributed by atoms with Gasteiger partial charge >= 0.3 is 12.2 Å². The molecule has 0 radical (unpaired) electrons. The molecule has 2 heterocycles. The number of urea groups is 1. The molecule has 1 saturated heterocycles. The van der Waals surface area contributed by atoms with E-state index in [1.165, 1.54) is 9.80 Å². The molecule has 0 spiro atoms. The molecular formula is C34H42F3N5O4. The number of halogens is 3. The van der Waals surface area contributed by atoms with Gasteiger partial charge < -0.3 is 21.5 Å². The summed E-state index contributed by atoms with van der Waals surface area (Å²) in [4.78, 5) is 41.5. The molecule has 0 aromatic heterocycles. The zero-order chi connectivity index (χ0) is 32.8. The largest absolute Gasteiger partial charge is 0.404 e. The number of amides is 4. The lowest BCUT2D eigenvalue weighted by Gasteiger charge is -2.49. The molecular weight excluding hydrogens is 599 g/mol. The van der Waals surface area contributed by atoms with Gasteiger partial charge in [0.05, 0.1) is 25.1 Å². The predicted molar refractivity (Wildman–Crippen MR) is 167 cm³/mol. The minimum Gasteiger partial charge on any atom is -0.390 e. The molecule has 4 amide bonds. The summed E-state index contributed by atoms with van der Waals surface area (Å²) in [6.45, 7) is 0.147. The maximum atomic E-state index is 14.5. The van der Waals surface area contributed by atoms with Crippen molar-refractivity contribution in [2.75, 3.05) is 13.1 Å². The van der Waals surface area contributed by atoms with Crippen molar-refractivity contribution in [2.24, 2.45) is 17.6 Å². The summed E-state index contributed by atoms with van der Waals surface area (Å²) in [6.07, 6.45) is 0.710. The Morgan fingerprint density at radius 3 is 2.43 bits per heavy atom. The van der Waals surface area contributed by atoms with E-state index in [0.29, 0.717) is 12.8 Å². The second-order valence-electron chi connectivity index (χ2n) is 12.7. The van der Waals surface area contributed by atoms with E-state index in [-0.39, 0.29) is 32.0 Å². The van der Waals surface area contributed by atoms with Gasteiger partial charge in [0.1, 0.15) is 12.1 Å². The Bertz CT molecular complexity index is 1400. The van der Waals surface area contributed by atoms with Crippen LogP contribution in [-0.4, -0.2) is 76.2 Å². The standard InChI is InChI=1S/C34H42F3N5O4/c35-34(36,37)31-26-13-7-6-11-24(26)15-16-41(31)21-29(43)27(18-22-8-2-1-3-9-22)39-32(45)28(19-30(38)44)40-33(46)42-17-14-23-10-4-5-12-25(23)20-42/h1-5,8-10,12,14,17,24,26-29,31,43H,6-7,11,13,15-16,18-21H2,(H2,38,44)(H,39,45)(H,40,46)/t24-,26-,27-,28-,29+,31+/m0/s1. The second-order valence-corrected chi connectivity index (χ2v) is 12.7. The number of likely N-dealkylation sites (tertiary alicyclic amines) is 1. The number of hydrogen-bond acceptors (Lipinski definition) is 5. The topological polar surface area (TPSA) is 128 Å². The highest BCUT2D eigenvalue weighted by atomic mass is 19.4. The van der Waals surface area contributed by atoms with Gasteiger partial charge in [0.2, 0.25) is 11.8 Å². The SMILES string of the molecule is NC(=O)C[C@H](NC(=O)N1C=Cc2ccccc2C1)C(=O)N[C@@H](Cc1ccccc1)[C@H](O)CN1CC[C@@H]2CCCC[C@@H]2[C@@H]1C(F)(F)F. The summed E-state index contributed by atoms with van der Waals surface area (Å²) in [6, 6.07) is 11.8. The van der Waals surface area contributed by atoms with Crippen LogP contribution in [-0.2, 0) is 22.6 Å². The summed E-state index contributed by atoms with van der Waals surface area (Å²) in [5.41, 5.74) is 8.04. The predicted octanol–water partition coefficient (Wildman–Crippen LogP) is 3.96. The van der Waals surface area contributed by atoms with Gasteiger partial charge in [-0.1, -0.05) is 73.9 Å². The number of alkyl halides is 3. The summed E-state index contributed by atoms with van der Waals surface area (Å²) >= 11 is 0. The molecule has 5 rings (SSSR count). The Morgan fingerprint density at radius 1 is 0.978 bits per heavy atom. The molecule has 3 aliphatic rings. The van der Waals surface area contributed by atoms with E-state index in [1.54, 1.807) is 36.5 Å². The fourth-order valence-corrected chi connectivity index (χ4v) is 7.24. The van der Waals surface area contributed by atoms with Crippen LogP contribution in [0.4, 0.5) is 18.0 Å². The maximum Gasteiger partial charge on any atom is 0.404 e. The number of β-amino-alcohol motifs (C(OH)–C–C–N with tert-alkyl or cyclic N) is 1. The Morgan fingerprint density at radius 2 is 1.70 bits per heavy atom. The van der Waals surface area contributed by atoms with Crippen molar-refractivity contribution >= 4 is 23.9 Å². The van der Waals surface area contributed by atoms with Gasteiger partial charge in [-0.15, -0.1) is 0 Å². The van der Waals surface area contributed by atoms with Crippen LogP contribution in [0.25, 0.3) is 6.08 Å². The third-order valence-electron chi connectivity index (χ3n) is 9.51. The van der Waals surface area contributed by atoms with Crippen LogP contribution in [0.3, 0.4) is 0 Å². The highest BCUT2D eigenvalue weighted by Crippen LogP contribution is 2.45. The van der Waals surface area contributed by atoms with Crippen LogP contribution in [0.1, 0.15) is 55.2 Å². The van der Waals surface area contributed by atoms with E-state index in [0.717, 1.165) is 36.0 Å². The quantitative estimate of drug-likeness (QED) is 0.313. The zero-order valence-corrected chi connectivity index (χ0v) is 25.7. The number of aliphatic hydroxyl groups is 1. The summed E-state index contributed by atoms with van der Waals surface area (Å²) in [5.74, 6) is -2.12. The monoisotopic (exact) mass is 641 g/mol. The van der Waals surface area contributed by atoms with Gasteiger partial charge in [-0.2, -0.15) is 13.2 Å². The van der Waals surface area contributed by atoms with Crippen molar-refractivity contribution in [2.45, 2.75) is 81.9 Å².